The second kappa shape index (κ2) is 8.26. The van der Waals surface area contributed by atoms with Crippen LogP contribution in [0, 0.1) is 0 Å². The zero-order chi connectivity index (χ0) is 19.3. The number of carbonyl (C=O) groups excluding carboxylic acids is 1. The van der Waals surface area contributed by atoms with E-state index in [1.54, 1.807) is 14.0 Å². The lowest BCUT2D eigenvalue weighted by Gasteiger charge is -2.21. The van der Waals surface area contributed by atoms with Gasteiger partial charge in [0.1, 0.15) is 11.5 Å². The molecule has 2 rings (SSSR count). The monoisotopic (exact) mass is 355 g/mol. The first kappa shape index (κ1) is 19.8. The summed E-state index contributed by atoms with van der Waals surface area (Å²) in [6.07, 6.45) is -0.573. The number of benzene rings is 2. The normalized spacial score (nSPS) is 13.6. The van der Waals surface area contributed by atoms with Gasteiger partial charge < -0.3 is 14.8 Å². The van der Waals surface area contributed by atoms with Gasteiger partial charge in [0.2, 0.25) is 0 Å². The predicted molar refractivity (Wildman–Crippen MR) is 105 cm³/mol. The first-order valence-corrected chi connectivity index (χ1v) is 8.92. The molecule has 2 aromatic carbocycles. The van der Waals surface area contributed by atoms with Gasteiger partial charge in [0.05, 0.1) is 13.2 Å². The topological polar surface area (TPSA) is 47.6 Å². The Hall–Kier alpha value is -2.49. The molecule has 1 N–H and O–H groups in total. The molecule has 140 valence electrons. The molecule has 0 saturated carbocycles. The molecule has 0 aliphatic heterocycles. The molecular formula is C22H29NO3. The Kier molecular flexibility index (Phi) is 6.30. The number of ether oxygens (including phenoxy) is 2. The van der Waals surface area contributed by atoms with Crippen LogP contribution in [0.4, 0.5) is 0 Å². The second-order valence-electron chi connectivity index (χ2n) is 7.54. The van der Waals surface area contributed by atoms with Gasteiger partial charge in [0.15, 0.2) is 6.10 Å². The quantitative estimate of drug-likeness (QED) is 0.821. The fraction of sp³-hybridized carbons (Fsp3) is 0.409. The minimum Gasteiger partial charge on any atom is -0.497 e. The number of methoxy groups -OCH3 is 1. The second-order valence-corrected chi connectivity index (χ2v) is 7.54. The summed E-state index contributed by atoms with van der Waals surface area (Å²) in [5.41, 5.74) is 2.34. The average Bonchev–Trinajstić information content (AvgIpc) is 2.61. The van der Waals surface area contributed by atoms with E-state index >= 15 is 0 Å². The Bertz CT molecular complexity index is 715. The molecule has 0 fully saturated rings. The Balaban J connectivity index is 1.94. The molecule has 1 amide bonds. The molecule has 0 aromatic heterocycles. The fourth-order valence-corrected chi connectivity index (χ4v) is 2.60. The highest BCUT2D eigenvalue weighted by Crippen LogP contribution is 2.25. The standard InChI is InChI=1S/C22H29NO3/c1-15(17-7-11-19(25-6)12-8-17)23-21(24)16(2)26-20-13-9-18(10-14-20)22(3,4)5/h7-16H,1-6H3,(H,23,24)/t15-,16-/m1/s1. The summed E-state index contributed by atoms with van der Waals surface area (Å²) in [6, 6.07) is 15.5. The van der Waals surface area contributed by atoms with Crippen LogP contribution in [-0.4, -0.2) is 19.1 Å². The first-order valence-electron chi connectivity index (χ1n) is 8.92. The third-order valence-electron chi connectivity index (χ3n) is 4.38. The van der Waals surface area contributed by atoms with Crippen molar-refractivity contribution in [3.63, 3.8) is 0 Å². The van der Waals surface area contributed by atoms with E-state index in [4.69, 9.17) is 9.47 Å². The molecule has 0 radical (unpaired) electrons. The van der Waals surface area contributed by atoms with Gasteiger partial charge in [-0.3, -0.25) is 4.79 Å². The third-order valence-corrected chi connectivity index (χ3v) is 4.38. The molecule has 0 saturated heterocycles. The lowest BCUT2D eigenvalue weighted by atomic mass is 9.87. The smallest absolute Gasteiger partial charge is 0.261 e. The van der Waals surface area contributed by atoms with E-state index in [1.165, 1.54) is 5.56 Å². The molecule has 0 aliphatic carbocycles. The van der Waals surface area contributed by atoms with Gasteiger partial charge in [-0.15, -0.1) is 0 Å². The van der Waals surface area contributed by atoms with Crippen LogP contribution >= 0.6 is 0 Å². The maximum atomic E-state index is 12.4. The lowest BCUT2D eigenvalue weighted by molar-refractivity contribution is -0.127. The van der Waals surface area contributed by atoms with E-state index < -0.39 is 6.10 Å². The average molecular weight is 355 g/mol. The van der Waals surface area contributed by atoms with Gasteiger partial charge >= 0.3 is 0 Å². The van der Waals surface area contributed by atoms with E-state index in [2.05, 4.69) is 26.1 Å². The first-order chi connectivity index (χ1) is 12.2. The van der Waals surface area contributed by atoms with Crippen LogP contribution in [0.1, 0.15) is 51.8 Å². The van der Waals surface area contributed by atoms with Crippen molar-refractivity contribution in [2.75, 3.05) is 7.11 Å². The SMILES string of the molecule is COc1ccc([C@@H](C)NC(=O)[C@@H](C)Oc2ccc(C(C)(C)C)cc2)cc1. The van der Waals surface area contributed by atoms with Gasteiger partial charge in [0, 0.05) is 0 Å². The van der Waals surface area contributed by atoms with Gasteiger partial charge in [-0.2, -0.15) is 0 Å². The molecule has 4 heteroatoms. The molecule has 2 aromatic rings. The number of carbonyl (C=O) groups is 1. The van der Waals surface area contributed by atoms with Gasteiger partial charge in [-0.05, 0) is 54.7 Å². The van der Waals surface area contributed by atoms with Crippen molar-refractivity contribution in [1.82, 2.24) is 5.32 Å². The van der Waals surface area contributed by atoms with E-state index in [0.717, 1.165) is 11.3 Å². The number of hydrogen-bond acceptors (Lipinski definition) is 3. The molecule has 26 heavy (non-hydrogen) atoms. The number of hydrogen-bond donors (Lipinski definition) is 1. The van der Waals surface area contributed by atoms with Crippen LogP contribution in [0.2, 0.25) is 0 Å². The summed E-state index contributed by atoms with van der Waals surface area (Å²) in [6.45, 7) is 10.2. The van der Waals surface area contributed by atoms with Crippen LogP contribution in [-0.2, 0) is 10.2 Å². The van der Waals surface area contributed by atoms with Crippen LogP contribution in [0.5, 0.6) is 11.5 Å². The maximum Gasteiger partial charge on any atom is 0.261 e. The predicted octanol–water partition coefficient (Wildman–Crippen LogP) is 4.64. The zero-order valence-corrected chi connectivity index (χ0v) is 16.5. The Labute approximate surface area is 156 Å². The summed E-state index contributed by atoms with van der Waals surface area (Å²) in [7, 11) is 1.63. The molecular weight excluding hydrogens is 326 g/mol. The summed E-state index contributed by atoms with van der Waals surface area (Å²) < 4.78 is 10.9. The zero-order valence-electron chi connectivity index (χ0n) is 16.5. The van der Waals surface area contributed by atoms with Crippen molar-refractivity contribution in [1.29, 1.82) is 0 Å². The summed E-state index contributed by atoms with van der Waals surface area (Å²) in [5.74, 6) is 1.34. The molecule has 0 bridgehead atoms. The van der Waals surface area contributed by atoms with E-state index in [0.29, 0.717) is 5.75 Å². The highest BCUT2D eigenvalue weighted by molar-refractivity contribution is 5.81. The summed E-state index contributed by atoms with van der Waals surface area (Å²) in [4.78, 5) is 12.4. The number of rotatable bonds is 6. The van der Waals surface area contributed by atoms with Gasteiger partial charge in [-0.1, -0.05) is 45.0 Å². The van der Waals surface area contributed by atoms with Crippen molar-refractivity contribution in [2.45, 2.75) is 52.2 Å². The lowest BCUT2D eigenvalue weighted by Crippen LogP contribution is -2.37. The van der Waals surface area contributed by atoms with E-state index in [-0.39, 0.29) is 17.4 Å². The summed E-state index contributed by atoms with van der Waals surface area (Å²) in [5, 5.41) is 2.98. The van der Waals surface area contributed by atoms with Crippen LogP contribution in [0.15, 0.2) is 48.5 Å². The molecule has 0 unspecified atom stereocenters. The van der Waals surface area contributed by atoms with Crippen molar-refractivity contribution in [2.24, 2.45) is 0 Å². The van der Waals surface area contributed by atoms with Crippen molar-refractivity contribution in [3.8, 4) is 11.5 Å². The Morgan fingerprint density at radius 3 is 1.96 bits per heavy atom. The van der Waals surface area contributed by atoms with Gasteiger partial charge in [-0.25, -0.2) is 0 Å². The maximum absolute atomic E-state index is 12.4. The number of amides is 1. The molecule has 0 spiro atoms. The van der Waals surface area contributed by atoms with Crippen LogP contribution in [0.25, 0.3) is 0 Å². The van der Waals surface area contributed by atoms with Crippen LogP contribution in [0.3, 0.4) is 0 Å². The van der Waals surface area contributed by atoms with E-state index in [9.17, 15) is 4.79 Å². The van der Waals surface area contributed by atoms with Crippen molar-refractivity contribution < 1.29 is 14.3 Å². The van der Waals surface area contributed by atoms with Crippen LogP contribution < -0.4 is 14.8 Å². The third kappa shape index (κ3) is 5.25. The fourth-order valence-electron chi connectivity index (χ4n) is 2.60. The van der Waals surface area contributed by atoms with Crippen molar-refractivity contribution in [3.05, 3.63) is 59.7 Å². The highest BCUT2D eigenvalue weighted by Gasteiger charge is 2.18. The van der Waals surface area contributed by atoms with Gasteiger partial charge in [0.25, 0.3) is 5.91 Å². The highest BCUT2D eigenvalue weighted by atomic mass is 16.5. The number of nitrogens with one attached hydrogen (secondary N) is 1. The largest absolute Gasteiger partial charge is 0.497 e. The molecule has 4 nitrogen and oxygen atoms in total. The van der Waals surface area contributed by atoms with E-state index in [1.807, 2.05) is 55.5 Å². The van der Waals surface area contributed by atoms with Crippen molar-refractivity contribution >= 4 is 5.91 Å². The Morgan fingerprint density at radius 2 is 1.46 bits per heavy atom. The molecule has 0 aliphatic rings. The molecule has 2 atom stereocenters. The Morgan fingerprint density at radius 1 is 0.923 bits per heavy atom. The molecule has 0 heterocycles. The summed E-state index contributed by atoms with van der Waals surface area (Å²) >= 11 is 0. The minimum absolute atomic E-state index is 0.0926. The minimum atomic E-state index is -0.573.